The summed E-state index contributed by atoms with van der Waals surface area (Å²) in [4.78, 5) is 29.8. The summed E-state index contributed by atoms with van der Waals surface area (Å²) < 4.78 is 6.63. The van der Waals surface area contributed by atoms with Gasteiger partial charge in [0.05, 0.1) is 12.0 Å². The minimum atomic E-state index is -0.839. The Hall–Kier alpha value is -2.14. The zero-order chi connectivity index (χ0) is 22.6. The number of amides is 2. The quantitative estimate of drug-likeness (QED) is 0.685. The number of carbonyl (C=O) groups is 2. The molecule has 2 aliphatic carbocycles. The summed E-state index contributed by atoms with van der Waals surface area (Å²) in [5.74, 6) is 0.242. The van der Waals surface area contributed by atoms with Crippen LogP contribution >= 0.6 is 0 Å². The van der Waals surface area contributed by atoms with Gasteiger partial charge in [-0.15, -0.1) is 0 Å². The molecule has 4 fully saturated rings. The second kappa shape index (κ2) is 8.26. The summed E-state index contributed by atoms with van der Waals surface area (Å²) in [6.07, 6.45) is 14.5. The smallest absolute Gasteiger partial charge is 0.246 e. The van der Waals surface area contributed by atoms with E-state index in [2.05, 4.69) is 48.7 Å². The lowest BCUT2D eigenvalue weighted by molar-refractivity contribution is -0.140. The number of likely N-dealkylation sites (tertiary alicyclic amines) is 1. The van der Waals surface area contributed by atoms with Gasteiger partial charge in [0.2, 0.25) is 11.8 Å². The van der Waals surface area contributed by atoms with Crippen LogP contribution in [-0.2, 0) is 14.3 Å². The Kier molecular flexibility index (Phi) is 5.36. The highest BCUT2D eigenvalue weighted by Crippen LogP contribution is 2.58. The van der Waals surface area contributed by atoms with Crippen LogP contribution < -0.4 is 5.32 Å². The van der Waals surface area contributed by atoms with Gasteiger partial charge in [-0.05, 0) is 44.1 Å². The van der Waals surface area contributed by atoms with Gasteiger partial charge in [-0.2, -0.15) is 0 Å². The molecule has 2 bridgehead atoms. The summed E-state index contributed by atoms with van der Waals surface area (Å²) in [5.41, 5.74) is 1.51. The van der Waals surface area contributed by atoms with Crippen molar-refractivity contribution in [1.29, 1.82) is 0 Å². The molecule has 2 amide bonds. The third kappa shape index (κ3) is 3.46. The van der Waals surface area contributed by atoms with E-state index in [0.717, 1.165) is 31.2 Å². The van der Waals surface area contributed by atoms with E-state index in [4.69, 9.17) is 4.74 Å². The Labute approximate surface area is 196 Å². The van der Waals surface area contributed by atoms with E-state index in [-0.39, 0.29) is 35.8 Å². The van der Waals surface area contributed by atoms with Gasteiger partial charge in [0.15, 0.2) is 0 Å². The molecule has 0 unspecified atom stereocenters. The normalized spacial score (nSPS) is 36.0. The summed E-state index contributed by atoms with van der Waals surface area (Å²) in [5, 5.41) is 3.31. The van der Waals surface area contributed by atoms with Crippen molar-refractivity contribution < 1.29 is 14.3 Å². The molecule has 2 saturated carbocycles. The third-order valence-electron chi connectivity index (χ3n) is 8.97. The predicted molar refractivity (Wildman–Crippen MR) is 127 cm³/mol. The van der Waals surface area contributed by atoms with E-state index in [0.29, 0.717) is 12.5 Å². The lowest BCUT2D eigenvalue weighted by Gasteiger charge is -2.35. The van der Waals surface area contributed by atoms with Crippen LogP contribution in [0, 0.1) is 18.8 Å². The van der Waals surface area contributed by atoms with Crippen LogP contribution in [0.4, 0.5) is 0 Å². The second-order valence-electron chi connectivity index (χ2n) is 11.1. The molecule has 176 valence electrons. The van der Waals surface area contributed by atoms with E-state index in [1.807, 2.05) is 4.90 Å². The van der Waals surface area contributed by atoms with E-state index < -0.39 is 11.6 Å². The van der Waals surface area contributed by atoms with Crippen molar-refractivity contribution in [2.24, 2.45) is 11.8 Å². The Bertz CT molecular complexity index is 944. The van der Waals surface area contributed by atoms with Gasteiger partial charge in [-0.1, -0.05) is 74.1 Å². The minimum Gasteiger partial charge on any atom is -0.359 e. The molecule has 1 N–H and O–H groups in total. The molecule has 5 aliphatic rings. The number of hydrogen-bond acceptors (Lipinski definition) is 3. The first kappa shape index (κ1) is 21.4. The molecule has 1 spiro atoms. The number of carbonyl (C=O) groups excluding carboxylic acids is 2. The molecule has 1 aromatic carbocycles. The van der Waals surface area contributed by atoms with Crippen molar-refractivity contribution in [1.82, 2.24) is 10.2 Å². The monoisotopic (exact) mass is 448 g/mol. The van der Waals surface area contributed by atoms with Gasteiger partial charge >= 0.3 is 0 Å². The maximum Gasteiger partial charge on any atom is 0.246 e. The fourth-order valence-corrected chi connectivity index (χ4v) is 7.33. The first-order valence-electron chi connectivity index (χ1n) is 13.1. The number of nitrogens with zero attached hydrogens (tertiary/aromatic N) is 1. The molecule has 3 aliphatic heterocycles. The standard InChI is InChI=1S/C28H36N2O3/c1-18-11-13-20(14-12-18)23-22-15-16-28(33-22)24(23)27(32)30(17-19-7-3-2-4-8-19)25(28)26(31)29-21-9-5-6-10-21/h11-16,19,21-25H,2-10,17H2,1H3,(H,29,31)/t22-,23-,24-,25+,28-/m0/s1. The summed E-state index contributed by atoms with van der Waals surface area (Å²) in [6, 6.07) is 8.17. The fraction of sp³-hybridized carbons (Fsp3) is 0.643. The van der Waals surface area contributed by atoms with Gasteiger partial charge in [-0.3, -0.25) is 9.59 Å². The highest BCUT2D eigenvalue weighted by molar-refractivity contribution is 5.97. The van der Waals surface area contributed by atoms with E-state index in [1.165, 1.54) is 37.7 Å². The topological polar surface area (TPSA) is 58.6 Å². The molecular formula is C28H36N2O3. The van der Waals surface area contributed by atoms with Gasteiger partial charge in [0, 0.05) is 18.5 Å². The van der Waals surface area contributed by atoms with Crippen molar-refractivity contribution in [3.05, 3.63) is 47.5 Å². The van der Waals surface area contributed by atoms with Gasteiger partial charge in [-0.25, -0.2) is 0 Å². The number of benzene rings is 1. The molecule has 6 rings (SSSR count). The van der Waals surface area contributed by atoms with Crippen molar-refractivity contribution >= 4 is 11.8 Å². The number of hydrogen-bond donors (Lipinski definition) is 1. The average molecular weight is 449 g/mol. The predicted octanol–water partition coefficient (Wildman–Crippen LogP) is 4.25. The van der Waals surface area contributed by atoms with Gasteiger partial charge in [0.25, 0.3) is 0 Å². The first-order valence-corrected chi connectivity index (χ1v) is 13.1. The van der Waals surface area contributed by atoms with Crippen LogP contribution in [-0.4, -0.2) is 47.0 Å². The van der Waals surface area contributed by atoms with E-state index in [1.54, 1.807) is 0 Å². The largest absolute Gasteiger partial charge is 0.359 e. The minimum absolute atomic E-state index is 0.0107. The molecule has 5 atom stereocenters. The molecule has 1 aromatic rings. The molecule has 5 heteroatoms. The molecule has 33 heavy (non-hydrogen) atoms. The third-order valence-corrected chi connectivity index (χ3v) is 8.97. The Morgan fingerprint density at radius 2 is 1.76 bits per heavy atom. The average Bonchev–Trinajstić information content (AvgIpc) is 3.58. The number of aryl methyl sites for hydroxylation is 1. The second-order valence-corrected chi connectivity index (χ2v) is 11.1. The fourth-order valence-electron chi connectivity index (χ4n) is 7.33. The summed E-state index contributed by atoms with van der Waals surface area (Å²) in [6.45, 7) is 2.76. The summed E-state index contributed by atoms with van der Waals surface area (Å²) >= 11 is 0. The number of ether oxygens (including phenoxy) is 1. The SMILES string of the molecule is Cc1ccc([C@H]2[C@@H]3C=C[C@]4(O3)[C@@H]2C(=O)N(CC2CCCCC2)[C@@H]4C(=O)NC2CCCC2)cc1. The van der Waals surface area contributed by atoms with E-state index in [9.17, 15) is 9.59 Å². The maximum atomic E-state index is 14.1. The van der Waals surface area contributed by atoms with Gasteiger partial charge < -0.3 is 15.0 Å². The highest BCUT2D eigenvalue weighted by Gasteiger charge is 2.71. The van der Waals surface area contributed by atoms with E-state index >= 15 is 0 Å². The van der Waals surface area contributed by atoms with Crippen molar-refractivity contribution in [2.45, 2.75) is 94.4 Å². The molecule has 3 heterocycles. The summed E-state index contributed by atoms with van der Waals surface area (Å²) in [7, 11) is 0. The van der Waals surface area contributed by atoms with Crippen molar-refractivity contribution in [3.63, 3.8) is 0 Å². The Balaban J connectivity index is 1.35. The van der Waals surface area contributed by atoms with Crippen molar-refractivity contribution in [2.75, 3.05) is 6.54 Å². The Morgan fingerprint density at radius 1 is 1.06 bits per heavy atom. The lowest BCUT2D eigenvalue weighted by atomic mass is 9.72. The molecule has 0 aromatic heterocycles. The zero-order valence-electron chi connectivity index (χ0n) is 19.7. The Morgan fingerprint density at radius 3 is 2.48 bits per heavy atom. The molecular weight excluding hydrogens is 412 g/mol. The van der Waals surface area contributed by atoms with Crippen LogP contribution in [0.15, 0.2) is 36.4 Å². The number of fused-ring (bicyclic) bond motifs is 1. The van der Waals surface area contributed by atoms with Crippen LogP contribution in [0.3, 0.4) is 0 Å². The maximum absolute atomic E-state index is 14.1. The van der Waals surface area contributed by atoms with Crippen LogP contribution in [0.1, 0.15) is 74.8 Å². The molecule has 0 radical (unpaired) electrons. The van der Waals surface area contributed by atoms with Crippen LogP contribution in [0.25, 0.3) is 0 Å². The number of nitrogens with one attached hydrogen (secondary N) is 1. The van der Waals surface area contributed by atoms with Crippen molar-refractivity contribution in [3.8, 4) is 0 Å². The lowest BCUT2D eigenvalue weighted by Crippen LogP contribution is -2.56. The van der Waals surface area contributed by atoms with Crippen LogP contribution in [0.5, 0.6) is 0 Å². The van der Waals surface area contributed by atoms with Crippen LogP contribution in [0.2, 0.25) is 0 Å². The molecule has 2 saturated heterocycles. The molecule has 5 nitrogen and oxygen atoms in total. The number of rotatable bonds is 5. The highest BCUT2D eigenvalue weighted by atomic mass is 16.5. The first-order chi connectivity index (χ1) is 16.1. The van der Waals surface area contributed by atoms with Gasteiger partial charge in [0.1, 0.15) is 11.6 Å². The zero-order valence-corrected chi connectivity index (χ0v) is 19.7.